The molecule has 0 aromatic carbocycles. The van der Waals surface area contributed by atoms with Gasteiger partial charge in [0.05, 0.1) is 9.48 Å². The smallest absolute Gasteiger partial charge is 0.0701 e. The van der Waals surface area contributed by atoms with Crippen LogP contribution < -0.4 is 5.32 Å². The first-order valence-electron chi connectivity index (χ1n) is 5.65. The molecule has 0 aliphatic carbocycles. The molecule has 2 rings (SSSR count). The normalized spacial score (nSPS) is 12.9. The molecule has 0 saturated heterocycles. The van der Waals surface area contributed by atoms with Gasteiger partial charge in [-0.1, -0.05) is 6.92 Å². The van der Waals surface area contributed by atoms with Crippen LogP contribution in [-0.2, 0) is 13.5 Å². The highest BCUT2D eigenvalue weighted by Gasteiger charge is 2.14. The monoisotopic (exact) mass is 313 g/mol. The van der Waals surface area contributed by atoms with Crippen molar-refractivity contribution >= 4 is 27.3 Å². The Morgan fingerprint density at radius 2 is 2.41 bits per heavy atom. The summed E-state index contributed by atoms with van der Waals surface area (Å²) in [6, 6.07) is 4.60. The van der Waals surface area contributed by atoms with Gasteiger partial charge in [0.1, 0.15) is 0 Å². The van der Waals surface area contributed by atoms with Crippen LogP contribution in [0.4, 0.5) is 0 Å². The lowest BCUT2D eigenvalue weighted by atomic mass is 10.1. The second-order valence-corrected chi connectivity index (χ2v) is 6.27. The molecule has 2 heterocycles. The highest BCUT2D eigenvalue weighted by molar-refractivity contribution is 9.11. The number of halogens is 1. The summed E-state index contributed by atoms with van der Waals surface area (Å²) in [5.41, 5.74) is 2.45. The fourth-order valence-electron chi connectivity index (χ4n) is 1.84. The number of hydrogen-bond donors (Lipinski definition) is 1. The Morgan fingerprint density at radius 1 is 1.59 bits per heavy atom. The summed E-state index contributed by atoms with van der Waals surface area (Å²) >= 11 is 5.24. The van der Waals surface area contributed by atoms with Gasteiger partial charge in [0.25, 0.3) is 0 Å². The molecule has 0 amide bonds. The van der Waals surface area contributed by atoms with Gasteiger partial charge in [-0.05, 0) is 45.6 Å². The van der Waals surface area contributed by atoms with Gasteiger partial charge in [0.2, 0.25) is 0 Å². The molecule has 1 atom stereocenters. The summed E-state index contributed by atoms with van der Waals surface area (Å²) in [5.74, 6) is 0. The summed E-state index contributed by atoms with van der Waals surface area (Å²) in [4.78, 5) is 0. The SMILES string of the molecule is CCNC(Cc1ccn(C)n1)c1csc(Br)c1. The molecule has 92 valence electrons. The van der Waals surface area contributed by atoms with E-state index in [1.165, 1.54) is 9.35 Å². The Balaban J connectivity index is 2.12. The molecule has 2 aromatic heterocycles. The molecule has 17 heavy (non-hydrogen) atoms. The third-order valence-corrected chi connectivity index (χ3v) is 4.15. The lowest BCUT2D eigenvalue weighted by molar-refractivity contribution is 0.541. The quantitative estimate of drug-likeness (QED) is 0.919. The zero-order valence-electron chi connectivity index (χ0n) is 9.98. The van der Waals surface area contributed by atoms with Crippen LogP contribution >= 0.6 is 27.3 Å². The minimum absolute atomic E-state index is 0.345. The highest BCUT2D eigenvalue weighted by Crippen LogP contribution is 2.27. The molecular weight excluding hydrogens is 298 g/mol. The van der Waals surface area contributed by atoms with E-state index in [9.17, 15) is 0 Å². The van der Waals surface area contributed by atoms with Crippen molar-refractivity contribution in [2.45, 2.75) is 19.4 Å². The van der Waals surface area contributed by atoms with E-state index in [4.69, 9.17) is 0 Å². The largest absolute Gasteiger partial charge is 0.310 e. The van der Waals surface area contributed by atoms with Crippen molar-refractivity contribution in [2.24, 2.45) is 7.05 Å². The average Bonchev–Trinajstić information content (AvgIpc) is 2.87. The van der Waals surface area contributed by atoms with Gasteiger partial charge in [-0.15, -0.1) is 11.3 Å². The minimum Gasteiger partial charge on any atom is -0.310 e. The number of nitrogens with zero attached hydrogens (tertiary/aromatic N) is 2. The van der Waals surface area contributed by atoms with E-state index in [1.54, 1.807) is 11.3 Å². The number of aromatic nitrogens is 2. The second kappa shape index (κ2) is 5.80. The second-order valence-electron chi connectivity index (χ2n) is 3.98. The Morgan fingerprint density at radius 3 is 2.94 bits per heavy atom. The van der Waals surface area contributed by atoms with Gasteiger partial charge < -0.3 is 5.32 Å². The molecular formula is C12H16BrN3S. The lowest BCUT2D eigenvalue weighted by Gasteiger charge is -2.15. The number of likely N-dealkylation sites (N-methyl/N-ethyl adjacent to an activating group) is 1. The number of aryl methyl sites for hydroxylation is 1. The van der Waals surface area contributed by atoms with Crippen molar-refractivity contribution in [2.75, 3.05) is 6.54 Å². The molecule has 1 N–H and O–H groups in total. The summed E-state index contributed by atoms with van der Waals surface area (Å²) in [6.45, 7) is 3.10. The Hall–Kier alpha value is -0.650. The van der Waals surface area contributed by atoms with Gasteiger partial charge in [-0.2, -0.15) is 5.10 Å². The summed E-state index contributed by atoms with van der Waals surface area (Å²) < 4.78 is 3.03. The van der Waals surface area contributed by atoms with E-state index in [0.717, 1.165) is 18.7 Å². The number of rotatable bonds is 5. The first-order chi connectivity index (χ1) is 8.19. The van der Waals surface area contributed by atoms with Crippen LogP contribution in [-0.4, -0.2) is 16.3 Å². The molecule has 0 fully saturated rings. The van der Waals surface area contributed by atoms with Crippen LogP contribution in [0.3, 0.4) is 0 Å². The van der Waals surface area contributed by atoms with Crippen LogP contribution in [0.5, 0.6) is 0 Å². The van der Waals surface area contributed by atoms with Crippen LogP contribution in [0.2, 0.25) is 0 Å². The van der Waals surface area contributed by atoms with E-state index in [1.807, 2.05) is 17.9 Å². The van der Waals surface area contributed by atoms with Gasteiger partial charge in [0.15, 0.2) is 0 Å². The van der Waals surface area contributed by atoms with Crippen molar-refractivity contribution in [3.63, 3.8) is 0 Å². The van der Waals surface area contributed by atoms with Crippen LogP contribution in [0.1, 0.15) is 24.2 Å². The maximum absolute atomic E-state index is 4.43. The van der Waals surface area contributed by atoms with Crippen molar-refractivity contribution in [1.29, 1.82) is 0 Å². The van der Waals surface area contributed by atoms with E-state index < -0.39 is 0 Å². The van der Waals surface area contributed by atoms with Gasteiger partial charge in [-0.3, -0.25) is 4.68 Å². The molecule has 3 nitrogen and oxygen atoms in total. The van der Waals surface area contributed by atoms with Crippen molar-refractivity contribution in [3.8, 4) is 0 Å². The Kier molecular flexibility index (Phi) is 4.36. The van der Waals surface area contributed by atoms with E-state index in [2.05, 4.69) is 50.8 Å². The number of nitrogens with one attached hydrogen (secondary N) is 1. The lowest BCUT2D eigenvalue weighted by Crippen LogP contribution is -2.22. The maximum Gasteiger partial charge on any atom is 0.0701 e. The highest BCUT2D eigenvalue weighted by atomic mass is 79.9. The van der Waals surface area contributed by atoms with E-state index >= 15 is 0 Å². The molecule has 1 unspecified atom stereocenters. The third kappa shape index (κ3) is 3.40. The fraction of sp³-hybridized carbons (Fsp3) is 0.417. The number of thiophene rings is 1. The molecule has 0 aliphatic rings. The van der Waals surface area contributed by atoms with Gasteiger partial charge in [0, 0.05) is 25.7 Å². The molecule has 0 aliphatic heterocycles. The van der Waals surface area contributed by atoms with Crippen molar-refractivity contribution in [3.05, 3.63) is 38.8 Å². The van der Waals surface area contributed by atoms with Crippen molar-refractivity contribution in [1.82, 2.24) is 15.1 Å². The topological polar surface area (TPSA) is 29.9 Å². The van der Waals surface area contributed by atoms with Crippen molar-refractivity contribution < 1.29 is 0 Å². The minimum atomic E-state index is 0.345. The zero-order valence-corrected chi connectivity index (χ0v) is 12.4. The number of hydrogen-bond acceptors (Lipinski definition) is 3. The first kappa shape index (κ1) is 12.8. The molecule has 0 radical (unpaired) electrons. The third-order valence-electron chi connectivity index (χ3n) is 2.62. The maximum atomic E-state index is 4.43. The van der Waals surface area contributed by atoms with Crippen LogP contribution in [0.15, 0.2) is 27.5 Å². The summed E-state index contributed by atoms with van der Waals surface area (Å²) in [5, 5.41) is 10.1. The molecule has 0 bridgehead atoms. The average molecular weight is 314 g/mol. The first-order valence-corrected chi connectivity index (χ1v) is 7.32. The predicted molar refractivity (Wildman–Crippen MR) is 75.3 cm³/mol. The van der Waals surface area contributed by atoms with E-state index in [-0.39, 0.29) is 0 Å². The Bertz CT molecular complexity index is 478. The molecule has 5 heteroatoms. The summed E-state index contributed by atoms with van der Waals surface area (Å²) in [7, 11) is 1.95. The zero-order chi connectivity index (χ0) is 12.3. The van der Waals surface area contributed by atoms with Gasteiger partial charge in [-0.25, -0.2) is 0 Å². The fourth-order valence-corrected chi connectivity index (χ4v) is 3.07. The molecule has 0 saturated carbocycles. The predicted octanol–water partition coefficient (Wildman–Crippen LogP) is 3.14. The molecule has 0 spiro atoms. The summed E-state index contributed by atoms with van der Waals surface area (Å²) in [6.07, 6.45) is 2.92. The Labute approximate surface area is 114 Å². The van der Waals surface area contributed by atoms with Gasteiger partial charge >= 0.3 is 0 Å². The van der Waals surface area contributed by atoms with E-state index in [0.29, 0.717) is 6.04 Å². The molecule has 2 aromatic rings. The van der Waals surface area contributed by atoms with Crippen LogP contribution in [0, 0.1) is 0 Å². The van der Waals surface area contributed by atoms with Crippen LogP contribution in [0.25, 0.3) is 0 Å². The standard InChI is InChI=1S/C12H16BrN3S/c1-3-14-11(9-6-12(13)17-8-9)7-10-4-5-16(2)15-10/h4-6,8,11,14H,3,7H2,1-2H3.